The van der Waals surface area contributed by atoms with Crippen molar-refractivity contribution in [3.63, 3.8) is 0 Å². The smallest absolute Gasteiger partial charge is 0.419 e. The second kappa shape index (κ2) is 4.07. The number of primary amides is 1. The molecule has 1 aromatic carbocycles. The molecule has 1 amide bonds. The van der Waals surface area contributed by atoms with Crippen LogP contribution in [0.4, 0.5) is 26.3 Å². The van der Waals surface area contributed by atoms with E-state index in [-0.39, 0.29) is 12.1 Å². The molecule has 0 aliphatic carbocycles. The molecule has 0 atom stereocenters. The van der Waals surface area contributed by atoms with Crippen LogP contribution >= 0.6 is 0 Å². The number of aromatic hydroxyl groups is 1. The normalized spacial score (nSPS) is 12.6. The Kier molecular flexibility index (Phi) is 3.20. The van der Waals surface area contributed by atoms with Gasteiger partial charge in [0.15, 0.2) is 0 Å². The van der Waals surface area contributed by atoms with Crippen molar-refractivity contribution in [1.82, 2.24) is 0 Å². The van der Waals surface area contributed by atoms with Crippen LogP contribution in [0, 0.1) is 0 Å². The van der Waals surface area contributed by atoms with Gasteiger partial charge in [0.1, 0.15) is 5.75 Å². The summed E-state index contributed by atoms with van der Waals surface area (Å²) in [5.74, 6) is -3.30. The van der Waals surface area contributed by atoms with E-state index < -0.39 is 40.7 Å². The van der Waals surface area contributed by atoms with Crippen LogP contribution in [-0.2, 0) is 12.4 Å². The summed E-state index contributed by atoms with van der Waals surface area (Å²) in [5.41, 5.74) is -0.250. The molecule has 3 nitrogen and oxygen atoms in total. The van der Waals surface area contributed by atoms with Crippen LogP contribution in [0.25, 0.3) is 0 Å². The minimum atomic E-state index is -5.11. The zero-order chi connectivity index (χ0) is 14.3. The molecular formula is C9H5F6NO2. The van der Waals surface area contributed by atoms with Crippen molar-refractivity contribution in [2.75, 3.05) is 0 Å². The molecule has 0 aliphatic rings. The topological polar surface area (TPSA) is 63.3 Å². The number of amides is 1. The lowest BCUT2D eigenvalue weighted by molar-refractivity contribution is -0.142. The van der Waals surface area contributed by atoms with E-state index in [1.165, 1.54) is 0 Å². The average molecular weight is 273 g/mol. The zero-order valence-electron chi connectivity index (χ0n) is 8.36. The van der Waals surface area contributed by atoms with Crippen LogP contribution in [0.3, 0.4) is 0 Å². The van der Waals surface area contributed by atoms with Gasteiger partial charge in [-0.15, -0.1) is 0 Å². The van der Waals surface area contributed by atoms with Crippen LogP contribution < -0.4 is 5.73 Å². The number of carbonyl (C=O) groups is 1. The Morgan fingerprint density at radius 3 is 1.78 bits per heavy atom. The van der Waals surface area contributed by atoms with Crippen molar-refractivity contribution in [3.05, 3.63) is 28.8 Å². The largest absolute Gasteiger partial charge is 0.507 e. The maximum Gasteiger partial charge on any atom is 0.419 e. The lowest BCUT2D eigenvalue weighted by Gasteiger charge is -2.15. The van der Waals surface area contributed by atoms with Gasteiger partial charge >= 0.3 is 12.4 Å². The number of phenols is 1. The summed E-state index contributed by atoms with van der Waals surface area (Å²) in [6.45, 7) is 0. The average Bonchev–Trinajstić information content (AvgIpc) is 2.13. The molecular weight excluding hydrogens is 268 g/mol. The number of alkyl halides is 6. The molecule has 18 heavy (non-hydrogen) atoms. The Bertz CT molecular complexity index is 491. The van der Waals surface area contributed by atoms with Crippen LogP contribution in [0.5, 0.6) is 5.75 Å². The maximum atomic E-state index is 12.4. The second-order valence-corrected chi connectivity index (χ2v) is 3.27. The third-order valence-corrected chi connectivity index (χ3v) is 2.01. The van der Waals surface area contributed by atoms with Crippen molar-refractivity contribution in [3.8, 4) is 5.75 Å². The summed E-state index contributed by atoms with van der Waals surface area (Å²) in [4.78, 5) is 10.7. The number of hydrogen-bond acceptors (Lipinski definition) is 2. The van der Waals surface area contributed by atoms with Crippen LogP contribution in [0.1, 0.15) is 21.5 Å². The molecule has 3 N–H and O–H groups in total. The van der Waals surface area contributed by atoms with E-state index in [9.17, 15) is 31.1 Å². The monoisotopic (exact) mass is 273 g/mol. The van der Waals surface area contributed by atoms with Gasteiger partial charge in [0.05, 0.1) is 16.7 Å². The van der Waals surface area contributed by atoms with Crippen molar-refractivity contribution >= 4 is 5.91 Å². The highest BCUT2D eigenvalue weighted by atomic mass is 19.4. The third-order valence-electron chi connectivity index (χ3n) is 2.01. The van der Waals surface area contributed by atoms with E-state index in [1.54, 1.807) is 0 Å². The molecule has 0 saturated heterocycles. The first-order chi connectivity index (χ1) is 7.94. The highest BCUT2D eigenvalue weighted by Crippen LogP contribution is 2.41. The van der Waals surface area contributed by atoms with Gasteiger partial charge in [0.25, 0.3) is 0 Å². The minimum absolute atomic E-state index is 0.125. The number of phenolic OH excluding ortho intramolecular Hbond substituents is 1. The fraction of sp³-hybridized carbons (Fsp3) is 0.222. The van der Waals surface area contributed by atoms with Crippen molar-refractivity contribution in [2.45, 2.75) is 12.4 Å². The van der Waals surface area contributed by atoms with Gasteiger partial charge in [-0.25, -0.2) is 0 Å². The van der Waals surface area contributed by atoms with E-state index in [1.807, 2.05) is 0 Å². The molecule has 0 aliphatic heterocycles. The van der Waals surface area contributed by atoms with Crippen LogP contribution in [0.15, 0.2) is 12.1 Å². The van der Waals surface area contributed by atoms with E-state index in [0.29, 0.717) is 0 Å². The van der Waals surface area contributed by atoms with Gasteiger partial charge in [0, 0.05) is 0 Å². The zero-order valence-corrected chi connectivity index (χ0v) is 8.36. The first kappa shape index (κ1) is 14.1. The molecule has 0 heterocycles. The predicted octanol–water partition coefficient (Wildman–Crippen LogP) is 2.53. The maximum absolute atomic E-state index is 12.4. The second-order valence-electron chi connectivity index (χ2n) is 3.27. The summed E-state index contributed by atoms with van der Waals surface area (Å²) in [7, 11) is 0. The SMILES string of the molecule is NC(=O)c1cc(C(F)(F)F)c(O)cc1C(F)(F)F. The van der Waals surface area contributed by atoms with E-state index >= 15 is 0 Å². The third kappa shape index (κ3) is 2.66. The Morgan fingerprint density at radius 2 is 1.44 bits per heavy atom. The summed E-state index contributed by atoms with van der Waals surface area (Å²) in [5, 5.41) is 8.92. The molecule has 0 aromatic heterocycles. The Hall–Kier alpha value is -1.93. The molecule has 100 valence electrons. The number of carbonyl (C=O) groups excluding carboxylic acids is 1. The number of nitrogens with two attached hydrogens (primary N) is 1. The standard InChI is InChI=1S/C9H5F6NO2/c10-8(11,12)4-2-6(17)5(9(13,14)15)1-3(4)7(16)18/h1-2,17H,(H2,16,18). The molecule has 0 spiro atoms. The minimum Gasteiger partial charge on any atom is -0.507 e. The Morgan fingerprint density at radius 1 is 1.00 bits per heavy atom. The summed E-state index contributed by atoms with van der Waals surface area (Å²) >= 11 is 0. The molecule has 1 aromatic rings. The highest BCUT2D eigenvalue weighted by Gasteiger charge is 2.40. The Labute approximate surface area is 95.8 Å². The molecule has 9 heteroatoms. The number of rotatable bonds is 1. The molecule has 0 radical (unpaired) electrons. The summed E-state index contributed by atoms with van der Waals surface area (Å²) in [6, 6.07) is -0.302. The predicted molar refractivity (Wildman–Crippen MR) is 46.6 cm³/mol. The van der Waals surface area contributed by atoms with Gasteiger partial charge in [0.2, 0.25) is 5.91 Å². The van der Waals surface area contributed by atoms with Crippen LogP contribution in [0.2, 0.25) is 0 Å². The number of halogens is 6. The van der Waals surface area contributed by atoms with Gasteiger partial charge in [-0.05, 0) is 12.1 Å². The fourth-order valence-corrected chi connectivity index (χ4v) is 1.25. The Balaban J connectivity index is 3.60. The highest BCUT2D eigenvalue weighted by molar-refractivity contribution is 5.95. The van der Waals surface area contributed by atoms with Crippen molar-refractivity contribution in [2.24, 2.45) is 5.73 Å². The first-order valence-electron chi connectivity index (χ1n) is 4.26. The van der Waals surface area contributed by atoms with E-state index in [2.05, 4.69) is 5.73 Å². The lowest BCUT2D eigenvalue weighted by Crippen LogP contribution is -2.20. The lowest BCUT2D eigenvalue weighted by atomic mass is 10.0. The summed E-state index contributed by atoms with van der Waals surface area (Å²) < 4.78 is 74.2. The van der Waals surface area contributed by atoms with Gasteiger partial charge in [-0.1, -0.05) is 0 Å². The number of hydrogen-bond donors (Lipinski definition) is 2. The van der Waals surface area contributed by atoms with E-state index in [0.717, 1.165) is 0 Å². The summed E-state index contributed by atoms with van der Waals surface area (Å²) in [6.07, 6.45) is -10.2. The van der Waals surface area contributed by atoms with E-state index in [4.69, 9.17) is 5.11 Å². The molecule has 1 rings (SSSR count). The first-order valence-corrected chi connectivity index (χ1v) is 4.26. The molecule has 0 unspecified atom stereocenters. The molecule has 0 saturated carbocycles. The number of benzene rings is 1. The van der Waals surface area contributed by atoms with Gasteiger partial charge < -0.3 is 10.8 Å². The molecule has 0 fully saturated rings. The van der Waals surface area contributed by atoms with Crippen molar-refractivity contribution < 1.29 is 36.2 Å². The van der Waals surface area contributed by atoms with Crippen LogP contribution in [-0.4, -0.2) is 11.0 Å². The quantitative estimate of drug-likeness (QED) is 0.772. The fourth-order valence-electron chi connectivity index (χ4n) is 1.25. The molecule has 0 bridgehead atoms. The van der Waals surface area contributed by atoms with Crippen molar-refractivity contribution in [1.29, 1.82) is 0 Å². The van der Waals surface area contributed by atoms with Gasteiger partial charge in [-0.3, -0.25) is 4.79 Å². The van der Waals surface area contributed by atoms with Gasteiger partial charge in [-0.2, -0.15) is 26.3 Å².